The Balaban J connectivity index is 1.30. The number of hydrogen-bond acceptors (Lipinski definition) is 4. The fraction of sp³-hybridized carbons (Fsp3) is 0.379. The molecule has 2 amide bonds. The van der Waals surface area contributed by atoms with Gasteiger partial charge in [0.05, 0.1) is 12.7 Å². The lowest BCUT2D eigenvalue weighted by molar-refractivity contribution is -0.133. The van der Waals surface area contributed by atoms with Crippen molar-refractivity contribution in [3.63, 3.8) is 0 Å². The highest BCUT2D eigenvalue weighted by Crippen LogP contribution is 2.31. The predicted octanol–water partition coefficient (Wildman–Crippen LogP) is 3.85. The Kier molecular flexibility index (Phi) is 6.72. The Morgan fingerprint density at radius 1 is 1.08 bits per heavy atom. The third kappa shape index (κ3) is 4.70. The number of piperidine rings is 1. The summed E-state index contributed by atoms with van der Waals surface area (Å²) in [6, 6.07) is 13.9. The molecular weight excluding hydrogens is 452 g/mol. The second-order valence-corrected chi connectivity index (χ2v) is 9.93. The van der Waals surface area contributed by atoms with Crippen LogP contribution in [-0.4, -0.2) is 45.9 Å². The van der Waals surface area contributed by atoms with Crippen LogP contribution in [0.4, 0.5) is 5.69 Å². The van der Waals surface area contributed by atoms with Gasteiger partial charge in [0.15, 0.2) is 0 Å². The first-order chi connectivity index (χ1) is 17.4. The van der Waals surface area contributed by atoms with Crippen LogP contribution in [0.2, 0.25) is 0 Å². The number of likely N-dealkylation sites (tertiary alicyclic amines) is 1. The summed E-state index contributed by atoms with van der Waals surface area (Å²) < 4.78 is 1.89. The van der Waals surface area contributed by atoms with Gasteiger partial charge in [-0.05, 0) is 61.1 Å². The van der Waals surface area contributed by atoms with Crippen LogP contribution < -0.4 is 4.90 Å². The zero-order valence-electron chi connectivity index (χ0n) is 20.9. The molecule has 0 bridgehead atoms. The molecule has 2 aliphatic heterocycles. The number of aromatic nitrogens is 2. The molecule has 5 rings (SSSR count). The first-order valence-electron chi connectivity index (χ1n) is 12.7. The third-order valence-corrected chi connectivity index (χ3v) is 7.64. The van der Waals surface area contributed by atoms with Crippen LogP contribution in [-0.2, 0) is 36.0 Å². The monoisotopic (exact) mass is 484 g/mol. The van der Waals surface area contributed by atoms with Gasteiger partial charge in [0.1, 0.15) is 6.29 Å². The van der Waals surface area contributed by atoms with Crippen LogP contribution in [0, 0.1) is 12.8 Å². The fourth-order valence-electron chi connectivity index (χ4n) is 5.36. The number of benzene rings is 2. The zero-order chi connectivity index (χ0) is 25.2. The van der Waals surface area contributed by atoms with Crippen molar-refractivity contribution < 1.29 is 14.4 Å². The van der Waals surface area contributed by atoms with Gasteiger partial charge in [0.25, 0.3) is 5.91 Å². The van der Waals surface area contributed by atoms with E-state index in [1.54, 1.807) is 0 Å². The summed E-state index contributed by atoms with van der Waals surface area (Å²) in [5, 5.41) is 4.41. The normalized spacial score (nSPS) is 15.7. The van der Waals surface area contributed by atoms with E-state index in [4.69, 9.17) is 0 Å². The zero-order valence-corrected chi connectivity index (χ0v) is 20.9. The van der Waals surface area contributed by atoms with Gasteiger partial charge in [-0.25, -0.2) is 0 Å². The maximum atomic E-state index is 13.7. The van der Waals surface area contributed by atoms with Crippen molar-refractivity contribution in [1.29, 1.82) is 0 Å². The van der Waals surface area contributed by atoms with Crippen LogP contribution in [0.15, 0.2) is 48.7 Å². The van der Waals surface area contributed by atoms with Crippen molar-refractivity contribution in [3.8, 4) is 0 Å². The van der Waals surface area contributed by atoms with E-state index in [9.17, 15) is 14.4 Å². The minimum absolute atomic E-state index is 0.0390. The fourth-order valence-corrected chi connectivity index (χ4v) is 5.36. The molecule has 1 saturated heterocycles. The summed E-state index contributed by atoms with van der Waals surface area (Å²) in [5.41, 5.74) is 6.96. The van der Waals surface area contributed by atoms with Gasteiger partial charge in [0, 0.05) is 61.4 Å². The van der Waals surface area contributed by atoms with E-state index in [2.05, 4.69) is 11.2 Å². The Bertz CT molecular complexity index is 1300. The van der Waals surface area contributed by atoms with Crippen LogP contribution in [0.25, 0.3) is 0 Å². The highest BCUT2D eigenvalue weighted by Gasteiger charge is 2.27. The van der Waals surface area contributed by atoms with E-state index in [1.165, 1.54) is 0 Å². The van der Waals surface area contributed by atoms with Gasteiger partial charge < -0.3 is 14.6 Å². The molecule has 0 unspecified atom stereocenters. The van der Waals surface area contributed by atoms with Crippen molar-refractivity contribution in [2.75, 3.05) is 18.0 Å². The third-order valence-electron chi connectivity index (χ3n) is 7.64. The van der Waals surface area contributed by atoms with E-state index in [-0.39, 0.29) is 17.7 Å². The van der Waals surface area contributed by atoms with Gasteiger partial charge in [-0.15, -0.1) is 0 Å². The number of anilines is 1. The average molecular weight is 485 g/mol. The molecule has 0 atom stereocenters. The molecule has 0 spiro atoms. The number of carbonyl (C=O) groups is 3. The molecule has 2 aliphatic rings. The minimum Gasteiger partial charge on any atom is -0.343 e. The molecule has 0 saturated carbocycles. The molecule has 3 aromatic rings. The van der Waals surface area contributed by atoms with E-state index in [1.807, 2.05) is 71.0 Å². The molecule has 3 heterocycles. The van der Waals surface area contributed by atoms with Crippen LogP contribution in [0.1, 0.15) is 57.6 Å². The Labute approximate surface area is 211 Å². The molecule has 7 nitrogen and oxygen atoms in total. The predicted molar refractivity (Wildman–Crippen MR) is 138 cm³/mol. The van der Waals surface area contributed by atoms with Gasteiger partial charge in [-0.1, -0.05) is 24.3 Å². The van der Waals surface area contributed by atoms with Gasteiger partial charge in [-0.2, -0.15) is 5.10 Å². The molecule has 2 aromatic carbocycles. The maximum absolute atomic E-state index is 13.7. The highest BCUT2D eigenvalue weighted by molar-refractivity contribution is 6.06. The number of aldehydes is 1. The van der Waals surface area contributed by atoms with Crippen molar-refractivity contribution in [2.24, 2.45) is 13.0 Å². The first kappa shape index (κ1) is 24.0. The Morgan fingerprint density at radius 3 is 2.61 bits per heavy atom. The van der Waals surface area contributed by atoms with Crippen molar-refractivity contribution >= 4 is 23.8 Å². The maximum Gasteiger partial charge on any atom is 0.258 e. The van der Waals surface area contributed by atoms with E-state index in [0.29, 0.717) is 38.0 Å². The Hall–Kier alpha value is -3.74. The van der Waals surface area contributed by atoms with Gasteiger partial charge in [0.2, 0.25) is 5.91 Å². The summed E-state index contributed by atoms with van der Waals surface area (Å²) in [6.45, 7) is 3.80. The number of fused-ring (bicyclic) bond motifs is 2. The number of carbonyl (C=O) groups excluding carboxylic acids is 3. The average Bonchev–Trinajstić information content (AvgIpc) is 3.15. The number of para-hydroxylation sites is 1. The molecule has 0 N–H and O–H groups in total. The van der Waals surface area contributed by atoms with Crippen molar-refractivity contribution in [1.82, 2.24) is 14.7 Å². The first-order valence-corrected chi connectivity index (χ1v) is 12.7. The van der Waals surface area contributed by atoms with Crippen LogP contribution >= 0.6 is 0 Å². The quantitative estimate of drug-likeness (QED) is 0.516. The molecule has 1 fully saturated rings. The molecule has 0 aliphatic carbocycles. The molecule has 186 valence electrons. The van der Waals surface area contributed by atoms with Crippen LogP contribution in [0.3, 0.4) is 0 Å². The second-order valence-electron chi connectivity index (χ2n) is 9.93. The van der Waals surface area contributed by atoms with Crippen LogP contribution in [0.5, 0.6) is 0 Å². The highest BCUT2D eigenvalue weighted by atomic mass is 16.2. The largest absolute Gasteiger partial charge is 0.343 e. The number of nitrogens with zero attached hydrogens (tertiary/aromatic N) is 4. The second kappa shape index (κ2) is 10.1. The summed E-state index contributed by atoms with van der Waals surface area (Å²) in [4.78, 5) is 41.1. The molecule has 1 aromatic heterocycles. The van der Waals surface area contributed by atoms with Gasteiger partial charge >= 0.3 is 0 Å². The number of hydrogen-bond donors (Lipinski definition) is 0. The van der Waals surface area contributed by atoms with Gasteiger partial charge in [-0.3, -0.25) is 14.3 Å². The lowest BCUT2D eigenvalue weighted by atomic mass is 9.97. The lowest BCUT2D eigenvalue weighted by Gasteiger charge is -2.29. The number of amides is 2. The molecule has 0 radical (unpaired) electrons. The Morgan fingerprint density at radius 2 is 1.86 bits per heavy atom. The summed E-state index contributed by atoms with van der Waals surface area (Å²) in [5.74, 6) is 0.178. The molecule has 36 heavy (non-hydrogen) atoms. The number of rotatable bonds is 5. The summed E-state index contributed by atoms with van der Waals surface area (Å²) >= 11 is 0. The number of aryl methyl sites for hydroxylation is 3. The summed E-state index contributed by atoms with van der Waals surface area (Å²) in [7, 11) is 1.94. The standard InChI is InChI=1S/C29H32N4O3/c1-20-15-24(8-7-22(20)9-10-28(35)32-13-11-21(19-34)12-14-32)29(36)33-18-25-17-30-31(2)27(25)16-23-5-3-4-6-26(23)33/h3-8,15,17,19,21H,9-14,16,18H2,1-2H3. The lowest BCUT2D eigenvalue weighted by Crippen LogP contribution is -2.38. The smallest absolute Gasteiger partial charge is 0.258 e. The molecular formula is C29H32N4O3. The SMILES string of the molecule is Cc1cc(C(=O)N2Cc3cnn(C)c3Cc3ccccc32)ccc1CCC(=O)N1CCC(C=O)CC1. The minimum atomic E-state index is -0.0390. The van der Waals surface area contributed by atoms with E-state index >= 15 is 0 Å². The van der Waals surface area contributed by atoms with Crippen molar-refractivity contribution in [3.05, 3.63) is 82.2 Å². The van der Waals surface area contributed by atoms with Crippen molar-refractivity contribution in [2.45, 2.75) is 45.6 Å². The summed E-state index contributed by atoms with van der Waals surface area (Å²) in [6.07, 6.45) is 6.19. The van der Waals surface area contributed by atoms with E-state index < -0.39 is 0 Å². The molecule has 7 heteroatoms. The topological polar surface area (TPSA) is 75.5 Å². The van der Waals surface area contributed by atoms with E-state index in [0.717, 1.165) is 59.2 Å².